The zero-order valence-corrected chi connectivity index (χ0v) is 15.5. The first-order chi connectivity index (χ1) is 13.3. The number of aliphatic carboxylic acids is 1. The van der Waals surface area contributed by atoms with E-state index in [9.17, 15) is 14.4 Å². The Kier molecular flexibility index (Phi) is 5.17. The number of hydrogen-bond acceptors (Lipinski definition) is 4. The summed E-state index contributed by atoms with van der Waals surface area (Å²) in [6, 6.07) is 14.7. The molecule has 0 fully saturated rings. The van der Waals surface area contributed by atoms with Crippen LogP contribution in [0.25, 0.3) is 10.9 Å². The van der Waals surface area contributed by atoms with Gasteiger partial charge in [0.05, 0.1) is 16.5 Å². The monoisotopic (exact) mass is 380 g/mol. The molecule has 1 atom stereocenters. The Hall–Kier alpha value is -3.61. The molecule has 1 amide bonds. The van der Waals surface area contributed by atoms with Gasteiger partial charge in [0, 0.05) is 12.2 Å². The highest BCUT2D eigenvalue weighted by molar-refractivity contribution is 6.45. The molecule has 0 aliphatic carbocycles. The third kappa shape index (κ3) is 3.46. The van der Waals surface area contributed by atoms with Gasteiger partial charge in [0.25, 0.3) is 11.7 Å². The minimum atomic E-state index is -1.14. The molecular formula is C21H20N2O5. The normalized spacial score (nSPS) is 11.9. The molecule has 1 unspecified atom stereocenters. The molecular weight excluding hydrogens is 360 g/mol. The predicted molar refractivity (Wildman–Crippen MR) is 103 cm³/mol. The molecule has 3 rings (SSSR count). The summed E-state index contributed by atoms with van der Waals surface area (Å²) in [5, 5.41) is 9.55. The van der Waals surface area contributed by atoms with Crippen LogP contribution >= 0.6 is 0 Å². The molecule has 0 aliphatic rings. The van der Waals surface area contributed by atoms with Gasteiger partial charge in [-0.1, -0.05) is 36.4 Å². The van der Waals surface area contributed by atoms with Gasteiger partial charge in [-0.15, -0.1) is 0 Å². The number of rotatable bonds is 7. The van der Waals surface area contributed by atoms with E-state index in [4.69, 9.17) is 15.6 Å². The van der Waals surface area contributed by atoms with Crippen molar-refractivity contribution in [2.75, 3.05) is 0 Å². The summed E-state index contributed by atoms with van der Waals surface area (Å²) in [4.78, 5) is 35.4. The highest BCUT2D eigenvalue weighted by Gasteiger charge is 2.27. The summed E-state index contributed by atoms with van der Waals surface area (Å²) >= 11 is 0. The van der Waals surface area contributed by atoms with Crippen molar-refractivity contribution in [1.29, 1.82) is 0 Å². The molecule has 0 bridgehead atoms. The van der Waals surface area contributed by atoms with E-state index in [0.717, 1.165) is 5.56 Å². The Morgan fingerprint density at radius 1 is 1.11 bits per heavy atom. The Bertz CT molecular complexity index is 1070. The number of Topliss-reactive ketones (excluding diaryl/α,β-unsaturated/α-hetero) is 1. The van der Waals surface area contributed by atoms with Crippen LogP contribution in [0.3, 0.4) is 0 Å². The molecule has 3 N–H and O–H groups in total. The highest BCUT2D eigenvalue weighted by Crippen LogP contribution is 2.35. The maximum absolute atomic E-state index is 12.6. The lowest BCUT2D eigenvalue weighted by Gasteiger charge is -2.12. The molecule has 7 nitrogen and oxygen atoms in total. The summed E-state index contributed by atoms with van der Waals surface area (Å²) in [7, 11) is 0. The number of ketones is 1. The van der Waals surface area contributed by atoms with Gasteiger partial charge in [-0.05, 0) is 31.5 Å². The molecule has 0 saturated carbocycles. The fourth-order valence-corrected chi connectivity index (χ4v) is 3.20. The fraction of sp³-hybridized carbons (Fsp3) is 0.190. The Labute approximate surface area is 161 Å². The average Bonchev–Trinajstić information content (AvgIpc) is 2.94. The zero-order valence-electron chi connectivity index (χ0n) is 15.5. The lowest BCUT2D eigenvalue weighted by Crippen LogP contribution is -2.25. The van der Waals surface area contributed by atoms with Crippen molar-refractivity contribution in [2.24, 2.45) is 5.73 Å². The number of nitrogens with two attached hydrogens (primary N) is 1. The first-order valence-electron chi connectivity index (χ1n) is 8.70. The van der Waals surface area contributed by atoms with Crippen LogP contribution < -0.4 is 10.5 Å². The van der Waals surface area contributed by atoms with Crippen LogP contribution in [0, 0.1) is 6.92 Å². The fourth-order valence-electron chi connectivity index (χ4n) is 3.20. The quantitative estimate of drug-likeness (QED) is 0.483. The number of carboxylic acid groups (broad SMARTS) is 1. The third-order valence-corrected chi connectivity index (χ3v) is 4.60. The second-order valence-electron chi connectivity index (χ2n) is 6.47. The van der Waals surface area contributed by atoms with Crippen LogP contribution in [-0.2, 0) is 16.1 Å². The molecule has 28 heavy (non-hydrogen) atoms. The number of fused-ring (bicyclic) bond motifs is 1. The molecule has 2 aromatic carbocycles. The second kappa shape index (κ2) is 7.56. The van der Waals surface area contributed by atoms with E-state index >= 15 is 0 Å². The van der Waals surface area contributed by atoms with Crippen molar-refractivity contribution in [3.8, 4) is 5.75 Å². The van der Waals surface area contributed by atoms with E-state index in [-0.39, 0.29) is 11.3 Å². The number of aromatic nitrogens is 1. The molecule has 144 valence electrons. The molecule has 7 heteroatoms. The van der Waals surface area contributed by atoms with Gasteiger partial charge in [-0.3, -0.25) is 9.59 Å². The Morgan fingerprint density at radius 3 is 2.39 bits per heavy atom. The summed E-state index contributed by atoms with van der Waals surface area (Å²) in [6.07, 6.45) is -1.13. The largest absolute Gasteiger partial charge is 0.479 e. The summed E-state index contributed by atoms with van der Waals surface area (Å²) in [6.45, 7) is 3.58. The van der Waals surface area contributed by atoms with E-state index in [1.54, 1.807) is 25.1 Å². The lowest BCUT2D eigenvalue weighted by atomic mass is 10.1. The van der Waals surface area contributed by atoms with Crippen molar-refractivity contribution >= 4 is 28.6 Å². The van der Waals surface area contributed by atoms with Crippen LogP contribution in [0.4, 0.5) is 0 Å². The smallest absolute Gasteiger partial charge is 0.344 e. The van der Waals surface area contributed by atoms with E-state index in [1.807, 2.05) is 34.9 Å². The van der Waals surface area contributed by atoms with Crippen LogP contribution in [0.1, 0.15) is 28.5 Å². The molecule has 0 saturated heterocycles. The van der Waals surface area contributed by atoms with Crippen LogP contribution in [0.15, 0.2) is 48.5 Å². The van der Waals surface area contributed by atoms with Crippen molar-refractivity contribution in [1.82, 2.24) is 4.57 Å². The molecule has 0 spiro atoms. The molecule has 0 aliphatic heterocycles. The van der Waals surface area contributed by atoms with Gasteiger partial charge in [-0.2, -0.15) is 0 Å². The SMILES string of the molecule is Cc1c(C(=O)C(N)=O)c2c(OC(C)C(=O)O)cccc2n1Cc1ccccc1. The second-order valence-corrected chi connectivity index (χ2v) is 6.47. The number of ether oxygens (including phenoxy) is 1. The number of amides is 1. The highest BCUT2D eigenvalue weighted by atomic mass is 16.5. The van der Waals surface area contributed by atoms with E-state index < -0.39 is 23.8 Å². The maximum atomic E-state index is 12.6. The Morgan fingerprint density at radius 2 is 1.79 bits per heavy atom. The molecule has 1 heterocycles. The van der Waals surface area contributed by atoms with E-state index in [2.05, 4.69) is 0 Å². The topological polar surface area (TPSA) is 112 Å². The van der Waals surface area contributed by atoms with Gasteiger partial charge < -0.3 is 20.1 Å². The number of carbonyl (C=O) groups excluding carboxylic acids is 2. The number of primary amides is 1. The molecule has 0 radical (unpaired) electrons. The third-order valence-electron chi connectivity index (χ3n) is 4.60. The number of nitrogens with zero attached hydrogens (tertiary/aromatic N) is 1. The van der Waals surface area contributed by atoms with Crippen molar-refractivity contribution < 1.29 is 24.2 Å². The zero-order chi connectivity index (χ0) is 20.4. The van der Waals surface area contributed by atoms with Gasteiger partial charge >= 0.3 is 5.97 Å². The Balaban J connectivity index is 2.25. The number of carbonyl (C=O) groups is 3. The van der Waals surface area contributed by atoms with Crippen LogP contribution in [-0.4, -0.2) is 33.4 Å². The van der Waals surface area contributed by atoms with Crippen LogP contribution in [0.5, 0.6) is 5.75 Å². The molecule has 1 aromatic heterocycles. The van der Waals surface area contributed by atoms with Gasteiger partial charge in [0.15, 0.2) is 6.10 Å². The first kappa shape index (κ1) is 19.2. The average molecular weight is 380 g/mol. The minimum absolute atomic E-state index is 0.131. The van der Waals surface area contributed by atoms with Crippen molar-refractivity contribution in [3.63, 3.8) is 0 Å². The van der Waals surface area contributed by atoms with Gasteiger partial charge in [0.2, 0.25) is 0 Å². The summed E-state index contributed by atoms with van der Waals surface area (Å²) in [5.74, 6) is -2.84. The van der Waals surface area contributed by atoms with Crippen LogP contribution in [0.2, 0.25) is 0 Å². The van der Waals surface area contributed by atoms with Gasteiger partial charge in [-0.25, -0.2) is 4.79 Å². The predicted octanol–water partition coefficient (Wildman–Crippen LogP) is 2.52. The summed E-state index contributed by atoms with van der Waals surface area (Å²) in [5.41, 5.74) is 7.60. The standard InChI is InChI=1S/C21H20N2O5/c1-12-17(19(24)20(22)25)18-15(23(12)11-14-7-4-3-5-8-14)9-6-10-16(18)28-13(2)21(26)27/h3-10,13H,11H2,1-2H3,(H2,22,25)(H,26,27). The number of carboxylic acids is 1. The van der Waals surface area contributed by atoms with Gasteiger partial charge in [0.1, 0.15) is 5.75 Å². The molecule has 3 aromatic rings. The van der Waals surface area contributed by atoms with Crippen molar-refractivity contribution in [3.05, 3.63) is 65.4 Å². The number of benzene rings is 2. The van der Waals surface area contributed by atoms with Crippen molar-refractivity contribution in [2.45, 2.75) is 26.5 Å². The number of hydrogen-bond donors (Lipinski definition) is 2. The first-order valence-corrected chi connectivity index (χ1v) is 8.70. The van der Waals surface area contributed by atoms with E-state index in [1.165, 1.54) is 6.92 Å². The summed E-state index contributed by atoms with van der Waals surface area (Å²) < 4.78 is 7.45. The lowest BCUT2D eigenvalue weighted by molar-refractivity contribution is -0.144. The maximum Gasteiger partial charge on any atom is 0.344 e. The van der Waals surface area contributed by atoms with E-state index in [0.29, 0.717) is 23.1 Å². The minimum Gasteiger partial charge on any atom is -0.479 e.